The van der Waals surface area contributed by atoms with Gasteiger partial charge in [-0.15, -0.1) is 0 Å². The zero-order valence-electron chi connectivity index (χ0n) is 17.4. The lowest BCUT2D eigenvalue weighted by molar-refractivity contribution is 0.0943. The number of piperidine rings is 1. The number of nitrogens with one attached hydrogen (secondary N) is 1. The van der Waals surface area contributed by atoms with Crippen LogP contribution in [0.15, 0.2) is 42.7 Å². The second-order valence-electron chi connectivity index (χ2n) is 7.46. The number of methoxy groups -OCH3 is 2. The molecule has 3 rings (SSSR count). The molecule has 0 unspecified atom stereocenters. The van der Waals surface area contributed by atoms with Crippen molar-refractivity contribution < 1.29 is 14.3 Å². The zero-order valence-corrected chi connectivity index (χ0v) is 17.4. The van der Waals surface area contributed by atoms with Gasteiger partial charge in [0.2, 0.25) is 0 Å². The standard InChI is InChI=1S/C23H31N3O3/c1-28-21-6-3-7-22(29-2)20(21)9-8-18-10-14-26(15-11-18)16-13-25-23(27)19-5-4-12-24-17-19/h3-7,12,17-18H,8-11,13-16H2,1-2H3,(H,25,27). The largest absolute Gasteiger partial charge is 0.496 e. The van der Waals surface area contributed by atoms with Crippen LogP contribution in [0.5, 0.6) is 11.5 Å². The second-order valence-corrected chi connectivity index (χ2v) is 7.46. The molecule has 0 aliphatic carbocycles. The number of pyridine rings is 1. The second kappa shape index (κ2) is 10.8. The quantitative estimate of drug-likeness (QED) is 0.704. The molecule has 0 saturated carbocycles. The summed E-state index contributed by atoms with van der Waals surface area (Å²) >= 11 is 0. The molecule has 29 heavy (non-hydrogen) atoms. The molecule has 1 fully saturated rings. The smallest absolute Gasteiger partial charge is 0.252 e. The molecule has 1 aromatic heterocycles. The highest BCUT2D eigenvalue weighted by Crippen LogP contribution is 2.32. The molecule has 1 aliphatic rings. The molecular formula is C23H31N3O3. The van der Waals surface area contributed by atoms with Gasteiger partial charge in [-0.1, -0.05) is 6.07 Å². The molecule has 1 N–H and O–H groups in total. The molecular weight excluding hydrogens is 366 g/mol. The molecule has 0 atom stereocenters. The van der Waals surface area contributed by atoms with Crippen molar-refractivity contribution in [2.45, 2.75) is 25.7 Å². The maximum atomic E-state index is 12.1. The van der Waals surface area contributed by atoms with Crippen molar-refractivity contribution in [3.8, 4) is 11.5 Å². The lowest BCUT2D eigenvalue weighted by atomic mass is 9.90. The van der Waals surface area contributed by atoms with Crippen LogP contribution in [0.3, 0.4) is 0 Å². The predicted octanol–water partition coefficient (Wildman–Crippen LogP) is 3.17. The summed E-state index contributed by atoms with van der Waals surface area (Å²) in [7, 11) is 3.42. The van der Waals surface area contributed by atoms with E-state index in [4.69, 9.17) is 9.47 Å². The van der Waals surface area contributed by atoms with Gasteiger partial charge in [-0.3, -0.25) is 9.78 Å². The minimum atomic E-state index is -0.0567. The van der Waals surface area contributed by atoms with Gasteiger partial charge in [0, 0.05) is 31.0 Å². The van der Waals surface area contributed by atoms with Gasteiger partial charge in [-0.25, -0.2) is 0 Å². The third kappa shape index (κ3) is 5.94. The third-order valence-electron chi connectivity index (χ3n) is 5.68. The molecule has 0 radical (unpaired) electrons. The average Bonchev–Trinajstić information content (AvgIpc) is 2.78. The van der Waals surface area contributed by atoms with Crippen LogP contribution in [0.1, 0.15) is 35.2 Å². The van der Waals surface area contributed by atoms with Crippen LogP contribution in [0.4, 0.5) is 0 Å². The number of carbonyl (C=O) groups excluding carboxylic acids is 1. The Morgan fingerprint density at radius 2 is 1.86 bits per heavy atom. The highest BCUT2D eigenvalue weighted by atomic mass is 16.5. The summed E-state index contributed by atoms with van der Waals surface area (Å²) < 4.78 is 11.0. The number of hydrogen-bond acceptors (Lipinski definition) is 5. The Balaban J connectivity index is 1.38. The van der Waals surface area contributed by atoms with Crippen molar-refractivity contribution in [2.24, 2.45) is 5.92 Å². The lowest BCUT2D eigenvalue weighted by Crippen LogP contribution is -2.39. The van der Waals surface area contributed by atoms with Gasteiger partial charge in [-0.2, -0.15) is 0 Å². The van der Waals surface area contributed by atoms with Crippen LogP contribution >= 0.6 is 0 Å². The maximum Gasteiger partial charge on any atom is 0.252 e. The van der Waals surface area contributed by atoms with E-state index in [2.05, 4.69) is 15.2 Å². The number of amides is 1. The highest BCUT2D eigenvalue weighted by Gasteiger charge is 2.20. The maximum absolute atomic E-state index is 12.1. The number of carbonyl (C=O) groups is 1. The molecule has 156 valence electrons. The Hall–Kier alpha value is -2.60. The van der Waals surface area contributed by atoms with Gasteiger partial charge in [0.1, 0.15) is 11.5 Å². The Bertz CT molecular complexity index is 752. The minimum absolute atomic E-state index is 0.0567. The van der Waals surface area contributed by atoms with Crippen molar-refractivity contribution in [1.82, 2.24) is 15.2 Å². The number of aromatic nitrogens is 1. The number of rotatable bonds is 9. The molecule has 1 aromatic carbocycles. The van der Waals surface area contributed by atoms with E-state index in [-0.39, 0.29) is 5.91 Å². The Morgan fingerprint density at radius 3 is 2.48 bits per heavy atom. The Kier molecular flexibility index (Phi) is 7.87. The summed E-state index contributed by atoms with van der Waals surface area (Å²) in [6.45, 7) is 3.71. The first kappa shape index (κ1) is 21.1. The van der Waals surface area contributed by atoms with Crippen molar-refractivity contribution in [2.75, 3.05) is 40.4 Å². The topological polar surface area (TPSA) is 63.7 Å². The number of hydrogen-bond donors (Lipinski definition) is 1. The van der Waals surface area contributed by atoms with Gasteiger partial charge >= 0.3 is 0 Å². The fraction of sp³-hybridized carbons (Fsp3) is 0.478. The average molecular weight is 398 g/mol. The predicted molar refractivity (Wildman–Crippen MR) is 114 cm³/mol. The van der Waals surface area contributed by atoms with E-state index in [0.29, 0.717) is 18.0 Å². The van der Waals surface area contributed by atoms with E-state index in [1.165, 1.54) is 12.8 Å². The van der Waals surface area contributed by atoms with Crippen LogP contribution < -0.4 is 14.8 Å². The van der Waals surface area contributed by atoms with Gasteiger partial charge in [0.25, 0.3) is 5.91 Å². The molecule has 6 heteroatoms. The van der Waals surface area contributed by atoms with Crippen LogP contribution in [0.2, 0.25) is 0 Å². The van der Waals surface area contributed by atoms with E-state index < -0.39 is 0 Å². The molecule has 1 aliphatic heterocycles. The Labute approximate surface area is 173 Å². The van der Waals surface area contributed by atoms with E-state index in [1.54, 1.807) is 38.7 Å². The summed E-state index contributed by atoms with van der Waals surface area (Å²) in [6.07, 6.45) is 7.76. The first-order valence-corrected chi connectivity index (χ1v) is 10.3. The van der Waals surface area contributed by atoms with Gasteiger partial charge in [0.15, 0.2) is 0 Å². The fourth-order valence-corrected chi connectivity index (χ4v) is 3.95. The van der Waals surface area contributed by atoms with E-state index in [0.717, 1.165) is 49.5 Å². The number of benzene rings is 1. The van der Waals surface area contributed by atoms with Crippen molar-refractivity contribution in [1.29, 1.82) is 0 Å². The normalized spacial score (nSPS) is 15.1. The summed E-state index contributed by atoms with van der Waals surface area (Å²) in [5.41, 5.74) is 1.77. The first-order chi connectivity index (χ1) is 14.2. The first-order valence-electron chi connectivity index (χ1n) is 10.3. The molecule has 1 amide bonds. The Morgan fingerprint density at radius 1 is 1.14 bits per heavy atom. The van der Waals surface area contributed by atoms with Crippen LogP contribution in [-0.2, 0) is 6.42 Å². The molecule has 6 nitrogen and oxygen atoms in total. The van der Waals surface area contributed by atoms with Crippen molar-refractivity contribution in [3.05, 3.63) is 53.9 Å². The minimum Gasteiger partial charge on any atom is -0.496 e. The van der Waals surface area contributed by atoms with Crippen LogP contribution in [0.25, 0.3) is 0 Å². The number of likely N-dealkylation sites (tertiary alicyclic amines) is 1. The fourth-order valence-electron chi connectivity index (χ4n) is 3.95. The molecule has 2 aromatic rings. The van der Waals surface area contributed by atoms with Crippen LogP contribution in [0, 0.1) is 5.92 Å². The summed E-state index contributed by atoms with van der Waals surface area (Å²) in [4.78, 5) is 18.5. The van der Waals surface area contributed by atoms with E-state index >= 15 is 0 Å². The van der Waals surface area contributed by atoms with Crippen LogP contribution in [-0.4, -0.2) is 56.2 Å². The van der Waals surface area contributed by atoms with Gasteiger partial charge in [-0.05, 0) is 69.0 Å². The van der Waals surface area contributed by atoms with E-state index in [9.17, 15) is 4.79 Å². The lowest BCUT2D eigenvalue weighted by Gasteiger charge is -2.32. The van der Waals surface area contributed by atoms with Crippen molar-refractivity contribution >= 4 is 5.91 Å². The number of ether oxygens (including phenoxy) is 2. The number of nitrogens with zero attached hydrogens (tertiary/aromatic N) is 2. The monoisotopic (exact) mass is 397 g/mol. The van der Waals surface area contributed by atoms with E-state index in [1.807, 2.05) is 18.2 Å². The van der Waals surface area contributed by atoms with Gasteiger partial charge in [0.05, 0.1) is 19.8 Å². The highest BCUT2D eigenvalue weighted by molar-refractivity contribution is 5.93. The SMILES string of the molecule is COc1cccc(OC)c1CCC1CCN(CCNC(=O)c2cccnc2)CC1. The molecule has 1 saturated heterocycles. The van der Waals surface area contributed by atoms with Gasteiger partial charge < -0.3 is 19.7 Å². The summed E-state index contributed by atoms with van der Waals surface area (Å²) in [5.74, 6) is 2.47. The molecule has 2 heterocycles. The summed E-state index contributed by atoms with van der Waals surface area (Å²) in [6, 6.07) is 9.53. The van der Waals surface area contributed by atoms with Crippen molar-refractivity contribution in [3.63, 3.8) is 0 Å². The molecule has 0 spiro atoms. The molecule has 0 bridgehead atoms. The zero-order chi connectivity index (χ0) is 20.5. The summed E-state index contributed by atoms with van der Waals surface area (Å²) in [5, 5.41) is 2.98. The third-order valence-corrected chi connectivity index (χ3v) is 5.68.